The van der Waals surface area contributed by atoms with E-state index in [1.54, 1.807) is 5.38 Å². The molecule has 17 heavy (non-hydrogen) atoms. The number of ether oxygens (including phenoxy) is 1. The topological polar surface area (TPSA) is 52.1 Å². The molecule has 0 fully saturated rings. The van der Waals surface area contributed by atoms with Crippen molar-refractivity contribution in [3.05, 3.63) is 33.5 Å². The quantitative estimate of drug-likeness (QED) is 0.628. The molecule has 0 unspecified atom stereocenters. The Morgan fingerprint density at radius 3 is 2.88 bits per heavy atom. The first-order valence-corrected chi connectivity index (χ1v) is 6.10. The van der Waals surface area contributed by atoms with Gasteiger partial charge in [0.05, 0.1) is 12.1 Å². The minimum Gasteiger partial charge on any atom is -0.464 e. The minimum atomic E-state index is -0.481. The maximum Gasteiger partial charge on any atom is 0.357 e. The molecule has 2 rings (SSSR count). The van der Waals surface area contributed by atoms with Gasteiger partial charge in [0.15, 0.2) is 5.69 Å². The molecule has 0 bridgehead atoms. The lowest BCUT2D eigenvalue weighted by Gasteiger charge is -1.99. The van der Waals surface area contributed by atoms with Crippen LogP contribution in [0.25, 0.3) is 10.6 Å². The molecular formula is C10H6Cl2N2O2S. The Morgan fingerprint density at radius 1 is 1.47 bits per heavy atom. The van der Waals surface area contributed by atoms with Gasteiger partial charge in [-0.1, -0.05) is 23.2 Å². The average molecular weight is 289 g/mol. The van der Waals surface area contributed by atoms with Gasteiger partial charge in [0, 0.05) is 17.1 Å². The molecule has 0 atom stereocenters. The van der Waals surface area contributed by atoms with E-state index in [-0.39, 0.29) is 5.69 Å². The summed E-state index contributed by atoms with van der Waals surface area (Å²) in [7, 11) is 1.30. The summed E-state index contributed by atoms with van der Waals surface area (Å²) in [5.74, 6) is -0.481. The number of aromatic nitrogens is 2. The summed E-state index contributed by atoms with van der Waals surface area (Å²) in [6.45, 7) is 0. The number of hydrogen-bond acceptors (Lipinski definition) is 5. The molecule has 0 saturated carbocycles. The summed E-state index contributed by atoms with van der Waals surface area (Å²) < 4.78 is 4.57. The zero-order chi connectivity index (χ0) is 12.4. The standard InChI is InChI=1S/C10H6Cl2N2O2S/c1-16-10(15)7-4-17-9(14-7)5-3-13-8(12)2-6(5)11/h2-4H,1H3. The average Bonchev–Trinajstić information content (AvgIpc) is 2.77. The minimum absolute atomic E-state index is 0.249. The van der Waals surface area contributed by atoms with Crippen LogP contribution in [0.3, 0.4) is 0 Å². The molecule has 0 radical (unpaired) electrons. The first-order valence-electron chi connectivity index (χ1n) is 4.47. The van der Waals surface area contributed by atoms with E-state index in [1.807, 2.05) is 0 Å². The molecule has 2 heterocycles. The van der Waals surface area contributed by atoms with E-state index in [0.717, 1.165) is 0 Å². The molecule has 2 aromatic rings. The van der Waals surface area contributed by atoms with Gasteiger partial charge < -0.3 is 4.74 Å². The highest BCUT2D eigenvalue weighted by molar-refractivity contribution is 7.13. The van der Waals surface area contributed by atoms with Crippen LogP contribution in [0.15, 0.2) is 17.6 Å². The van der Waals surface area contributed by atoms with Gasteiger partial charge in [-0.2, -0.15) is 0 Å². The van der Waals surface area contributed by atoms with Crippen LogP contribution in [0.2, 0.25) is 10.2 Å². The predicted octanol–water partition coefficient (Wildman–Crippen LogP) is 3.30. The highest BCUT2D eigenvalue weighted by Crippen LogP contribution is 2.31. The number of rotatable bonds is 2. The molecule has 2 aromatic heterocycles. The number of thiazole rings is 1. The Morgan fingerprint density at radius 2 is 2.24 bits per heavy atom. The van der Waals surface area contributed by atoms with Crippen LogP contribution >= 0.6 is 34.5 Å². The SMILES string of the molecule is COC(=O)c1csc(-c2cnc(Cl)cc2Cl)n1. The molecular weight excluding hydrogens is 283 g/mol. The summed E-state index contributed by atoms with van der Waals surface area (Å²) in [5, 5.41) is 2.95. The third kappa shape index (κ3) is 2.57. The van der Waals surface area contributed by atoms with E-state index in [9.17, 15) is 4.79 Å². The summed E-state index contributed by atoms with van der Waals surface area (Å²) in [5.41, 5.74) is 0.884. The number of esters is 1. The second-order valence-electron chi connectivity index (χ2n) is 3.02. The maximum atomic E-state index is 11.2. The highest BCUT2D eigenvalue weighted by Gasteiger charge is 2.14. The number of nitrogens with zero attached hydrogens (tertiary/aromatic N) is 2. The lowest BCUT2D eigenvalue weighted by molar-refractivity contribution is 0.0595. The predicted molar refractivity (Wildman–Crippen MR) is 66.7 cm³/mol. The van der Waals surface area contributed by atoms with Crippen LogP contribution < -0.4 is 0 Å². The summed E-state index contributed by atoms with van der Waals surface area (Å²) >= 11 is 13.0. The van der Waals surface area contributed by atoms with Gasteiger partial charge in [-0.25, -0.2) is 14.8 Å². The van der Waals surface area contributed by atoms with Gasteiger partial charge in [-0.05, 0) is 6.07 Å². The van der Waals surface area contributed by atoms with Gasteiger partial charge in [0.25, 0.3) is 0 Å². The Bertz CT molecular complexity index is 571. The molecule has 0 aliphatic heterocycles. The van der Waals surface area contributed by atoms with Gasteiger partial charge in [0.2, 0.25) is 0 Å². The van der Waals surface area contributed by atoms with E-state index >= 15 is 0 Å². The van der Waals surface area contributed by atoms with E-state index in [2.05, 4.69) is 14.7 Å². The Hall–Kier alpha value is -1.17. The number of pyridine rings is 1. The van der Waals surface area contributed by atoms with Crippen LogP contribution in [-0.2, 0) is 4.74 Å². The van der Waals surface area contributed by atoms with Crippen molar-refractivity contribution in [3.63, 3.8) is 0 Å². The molecule has 88 valence electrons. The third-order valence-electron chi connectivity index (χ3n) is 1.95. The second kappa shape index (κ2) is 5.00. The number of carbonyl (C=O) groups is 1. The van der Waals surface area contributed by atoms with Gasteiger partial charge in [-0.15, -0.1) is 11.3 Å². The molecule has 4 nitrogen and oxygen atoms in total. The van der Waals surface area contributed by atoms with Crippen molar-refractivity contribution in [2.75, 3.05) is 7.11 Å². The van der Waals surface area contributed by atoms with E-state index < -0.39 is 5.97 Å². The number of carbonyl (C=O) groups excluding carboxylic acids is 1. The van der Waals surface area contributed by atoms with Crippen LogP contribution in [0.4, 0.5) is 0 Å². The van der Waals surface area contributed by atoms with Crippen molar-refractivity contribution in [3.8, 4) is 10.6 Å². The van der Waals surface area contributed by atoms with Gasteiger partial charge >= 0.3 is 5.97 Å². The summed E-state index contributed by atoms with van der Waals surface area (Å²) in [4.78, 5) is 19.3. The molecule has 0 spiro atoms. The molecule has 0 saturated heterocycles. The second-order valence-corrected chi connectivity index (χ2v) is 4.67. The number of hydrogen-bond donors (Lipinski definition) is 0. The zero-order valence-corrected chi connectivity index (χ0v) is 10.9. The van der Waals surface area contributed by atoms with Crippen LogP contribution in [0.1, 0.15) is 10.5 Å². The zero-order valence-electron chi connectivity index (χ0n) is 8.61. The lowest BCUT2D eigenvalue weighted by atomic mass is 10.3. The fourth-order valence-electron chi connectivity index (χ4n) is 1.16. The van der Waals surface area contributed by atoms with Gasteiger partial charge in [-0.3, -0.25) is 0 Å². The Kier molecular flexibility index (Phi) is 3.61. The fraction of sp³-hybridized carbons (Fsp3) is 0.100. The number of methoxy groups -OCH3 is 1. The van der Waals surface area contributed by atoms with Crippen molar-refractivity contribution in [1.29, 1.82) is 0 Å². The molecule has 0 aliphatic rings. The van der Waals surface area contributed by atoms with Gasteiger partial charge in [0.1, 0.15) is 10.2 Å². The monoisotopic (exact) mass is 288 g/mol. The first-order chi connectivity index (χ1) is 8.11. The molecule has 0 N–H and O–H groups in total. The smallest absolute Gasteiger partial charge is 0.357 e. The van der Waals surface area contributed by atoms with Crippen LogP contribution in [0.5, 0.6) is 0 Å². The molecule has 0 aliphatic carbocycles. The fourth-order valence-corrected chi connectivity index (χ4v) is 2.48. The highest BCUT2D eigenvalue weighted by atomic mass is 35.5. The van der Waals surface area contributed by atoms with E-state index in [1.165, 1.54) is 30.7 Å². The van der Waals surface area contributed by atoms with E-state index in [4.69, 9.17) is 23.2 Å². The van der Waals surface area contributed by atoms with Crippen LogP contribution in [0, 0.1) is 0 Å². The molecule has 7 heteroatoms. The Balaban J connectivity index is 2.40. The van der Waals surface area contributed by atoms with Crippen molar-refractivity contribution < 1.29 is 9.53 Å². The maximum absolute atomic E-state index is 11.2. The van der Waals surface area contributed by atoms with Crippen molar-refractivity contribution >= 4 is 40.5 Å². The number of halogens is 2. The van der Waals surface area contributed by atoms with Crippen molar-refractivity contribution in [2.45, 2.75) is 0 Å². The lowest BCUT2D eigenvalue weighted by Crippen LogP contribution is -2.01. The summed E-state index contributed by atoms with van der Waals surface area (Å²) in [6.07, 6.45) is 1.52. The normalized spacial score (nSPS) is 10.3. The molecule has 0 amide bonds. The third-order valence-corrected chi connectivity index (χ3v) is 3.34. The Labute approximate surface area is 111 Å². The first kappa shape index (κ1) is 12.3. The van der Waals surface area contributed by atoms with Crippen molar-refractivity contribution in [2.24, 2.45) is 0 Å². The molecule has 0 aromatic carbocycles. The van der Waals surface area contributed by atoms with Crippen molar-refractivity contribution in [1.82, 2.24) is 9.97 Å². The summed E-state index contributed by atoms with van der Waals surface area (Å²) in [6, 6.07) is 1.53. The van der Waals surface area contributed by atoms with E-state index in [0.29, 0.717) is 20.7 Å². The largest absolute Gasteiger partial charge is 0.464 e. The van der Waals surface area contributed by atoms with Crippen LogP contribution in [-0.4, -0.2) is 23.0 Å².